The smallest absolute Gasteiger partial charge is 0.224 e. The number of rotatable bonds is 7. The molecule has 0 aliphatic heterocycles. The standard InChI is InChI=1S/C15H25N3O.ClH/c1-4-18(5-2)11-12(3)17-15(19)10-13-7-6-8-14(16)9-13;/h6-9,12H,4-5,10-11,16H2,1-3H3,(H,17,19);1H. The lowest BCUT2D eigenvalue weighted by molar-refractivity contribution is -0.121. The summed E-state index contributed by atoms with van der Waals surface area (Å²) in [5.41, 5.74) is 7.35. The number of nitrogens with zero attached hydrogens (tertiary/aromatic N) is 1. The van der Waals surface area contributed by atoms with E-state index in [2.05, 4.69) is 24.1 Å². The van der Waals surface area contributed by atoms with Gasteiger partial charge in [0.05, 0.1) is 6.42 Å². The second-order valence-corrected chi connectivity index (χ2v) is 4.88. The van der Waals surface area contributed by atoms with Crippen LogP contribution in [0.25, 0.3) is 0 Å². The van der Waals surface area contributed by atoms with Crippen LogP contribution in [-0.4, -0.2) is 36.5 Å². The number of likely N-dealkylation sites (N-methyl/N-ethyl adjacent to an activating group) is 1. The zero-order chi connectivity index (χ0) is 14.3. The number of carbonyl (C=O) groups is 1. The predicted molar refractivity (Wildman–Crippen MR) is 87.2 cm³/mol. The molecule has 0 heterocycles. The molecular weight excluding hydrogens is 274 g/mol. The highest BCUT2D eigenvalue weighted by Crippen LogP contribution is 2.07. The van der Waals surface area contributed by atoms with Gasteiger partial charge in [-0.3, -0.25) is 4.79 Å². The zero-order valence-corrected chi connectivity index (χ0v) is 13.4. The summed E-state index contributed by atoms with van der Waals surface area (Å²) in [6.07, 6.45) is 0.383. The Morgan fingerprint density at radius 3 is 2.55 bits per heavy atom. The third-order valence-corrected chi connectivity index (χ3v) is 3.15. The number of halogens is 1. The van der Waals surface area contributed by atoms with Gasteiger partial charge in [0.2, 0.25) is 5.91 Å². The molecule has 0 saturated heterocycles. The summed E-state index contributed by atoms with van der Waals surface area (Å²) in [6.45, 7) is 9.19. The first-order chi connectivity index (χ1) is 9.05. The van der Waals surface area contributed by atoms with E-state index in [1.54, 1.807) is 0 Å². The zero-order valence-electron chi connectivity index (χ0n) is 12.6. The van der Waals surface area contributed by atoms with Crippen LogP contribution in [0.1, 0.15) is 26.3 Å². The Labute approximate surface area is 128 Å². The highest BCUT2D eigenvalue weighted by Gasteiger charge is 2.10. The predicted octanol–water partition coefficient (Wildman–Crippen LogP) is 2.08. The summed E-state index contributed by atoms with van der Waals surface area (Å²) >= 11 is 0. The van der Waals surface area contributed by atoms with Gasteiger partial charge in [-0.05, 0) is 37.7 Å². The van der Waals surface area contributed by atoms with E-state index in [4.69, 9.17) is 5.73 Å². The van der Waals surface area contributed by atoms with E-state index in [1.807, 2.05) is 31.2 Å². The van der Waals surface area contributed by atoms with E-state index in [9.17, 15) is 4.79 Å². The minimum absolute atomic E-state index is 0. The van der Waals surface area contributed by atoms with Crippen molar-refractivity contribution in [1.29, 1.82) is 0 Å². The van der Waals surface area contributed by atoms with E-state index >= 15 is 0 Å². The molecule has 1 amide bonds. The van der Waals surface area contributed by atoms with Crippen LogP contribution in [0.3, 0.4) is 0 Å². The second kappa shape index (κ2) is 9.61. The molecule has 0 spiro atoms. The Morgan fingerprint density at radius 2 is 2.00 bits per heavy atom. The van der Waals surface area contributed by atoms with Crippen molar-refractivity contribution in [3.8, 4) is 0 Å². The van der Waals surface area contributed by atoms with Gasteiger partial charge < -0.3 is 16.0 Å². The summed E-state index contributed by atoms with van der Waals surface area (Å²) in [5, 5.41) is 3.03. The lowest BCUT2D eigenvalue weighted by Gasteiger charge is -2.23. The lowest BCUT2D eigenvalue weighted by atomic mass is 10.1. The molecule has 1 aromatic rings. The van der Waals surface area contributed by atoms with Crippen molar-refractivity contribution < 1.29 is 4.79 Å². The van der Waals surface area contributed by atoms with Crippen LogP contribution in [0.5, 0.6) is 0 Å². The fraction of sp³-hybridized carbons (Fsp3) is 0.533. The molecule has 3 N–H and O–H groups in total. The normalized spacial score (nSPS) is 11.8. The van der Waals surface area contributed by atoms with E-state index in [-0.39, 0.29) is 24.4 Å². The molecule has 1 unspecified atom stereocenters. The molecule has 0 bridgehead atoms. The number of nitrogens with one attached hydrogen (secondary N) is 1. The number of hydrogen-bond acceptors (Lipinski definition) is 3. The quantitative estimate of drug-likeness (QED) is 0.758. The highest BCUT2D eigenvalue weighted by molar-refractivity contribution is 5.85. The van der Waals surface area contributed by atoms with Crippen LogP contribution in [-0.2, 0) is 11.2 Å². The summed E-state index contributed by atoms with van der Waals surface area (Å²) in [7, 11) is 0. The molecule has 0 aromatic heterocycles. The van der Waals surface area contributed by atoms with Gasteiger partial charge in [0.1, 0.15) is 0 Å². The van der Waals surface area contributed by atoms with Gasteiger partial charge in [0, 0.05) is 18.3 Å². The monoisotopic (exact) mass is 299 g/mol. The molecule has 4 nitrogen and oxygen atoms in total. The van der Waals surface area contributed by atoms with Crippen LogP contribution in [0.4, 0.5) is 5.69 Å². The van der Waals surface area contributed by atoms with Gasteiger partial charge in [-0.2, -0.15) is 0 Å². The Hall–Kier alpha value is -1.26. The molecule has 0 saturated carbocycles. The lowest BCUT2D eigenvalue weighted by Crippen LogP contribution is -2.42. The summed E-state index contributed by atoms with van der Waals surface area (Å²) in [4.78, 5) is 14.2. The molecule has 0 radical (unpaired) electrons. The fourth-order valence-corrected chi connectivity index (χ4v) is 2.13. The number of hydrogen-bond donors (Lipinski definition) is 2. The van der Waals surface area contributed by atoms with Crippen LogP contribution in [0.2, 0.25) is 0 Å². The second-order valence-electron chi connectivity index (χ2n) is 4.88. The molecule has 5 heteroatoms. The fourth-order valence-electron chi connectivity index (χ4n) is 2.13. The summed E-state index contributed by atoms with van der Waals surface area (Å²) in [6, 6.07) is 7.62. The van der Waals surface area contributed by atoms with Gasteiger partial charge in [-0.25, -0.2) is 0 Å². The first-order valence-electron chi connectivity index (χ1n) is 6.91. The van der Waals surface area contributed by atoms with Crippen LogP contribution >= 0.6 is 12.4 Å². The number of amides is 1. The van der Waals surface area contributed by atoms with Gasteiger partial charge >= 0.3 is 0 Å². The summed E-state index contributed by atoms with van der Waals surface area (Å²) in [5.74, 6) is 0.0465. The van der Waals surface area contributed by atoms with Crippen molar-refractivity contribution in [2.45, 2.75) is 33.2 Å². The van der Waals surface area contributed by atoms with Crippen LogP contribution in [0.15, 0.2) is 24.3 Å². The highest BCUT2D eigenvalue weighted by atomic mass is 35.5. The van der Waals surface area contributed by atoms with E-state index in [0.29, 0.717) is 12.1 Å². The van der Waals surface area contributed by atoms with E-state index in [0.717, 1.165) is 25.2 Å². The maximum Gasteiger partial charge on any atom is 0.224 e. The Balaban J connectivity index is 0.00000361. The van der Waals surface area contributed by atoms with E-state index in [1.165, 1.54) is 0 Å². The molecule has 1 rings (SSSR count). The van der Waals surface area contributed by atoms with Gasteiger partial charge in [0.15, 0.2) is 0 Å². The maximum absolute atomic E-state index is 11.9. The number of benzene rings is 1. The minimum atomic E-state index is 0. The largest absolute Gasteiger partial charge is 0.399 e. The first-order valence-corrected chi connectivity index (χ1v) is 6.91. The first kappa shape index (κ1) is 18.7. The third kappa shape index (κ3) is 6.78. The van der Waals surface area contributed by atoms with Gasteiger partial charge in [0.25, 0.3) is 0 Å². The van der Waals surface area contributed by atoms with Gasteiger partial charge in [-0.15, -0.1) is 12.4 Å². The van der Waals surface area contributed by atoms with Crippen molar-refractivity contribution in [3.05, 3.63) is 29.8 Å². The average Bonchev–Trinajstić information content (AvgIpc) is 2.35. The molecule has 1 aromatic carbocycles. The van der Waals surface area contributed by atoms with Crippen molar-refractivity contribution >= 4 is 24.0 Å². The molecule has 0 aliphatic carbocycles. The topological polar surface area (TPSA) is 58.4 Å². The Kier molecular flexibility index (Phi) is 9.01. The van der Waals surface area contributed by atoms with Gasteiger partial charge in [-0.1, -0.05) is 26.0 Å². The molecule has 114 valence electrons. The minimum Gasteiger partial charge on any atom is -0.399 e. The van der Waals surface area contributed by atoms with Crippen LogP contribution < -0.4 is 11.1 Å². The maximum atomic E-state index is 11.9. The van der Waals surface area contributed by atoms with E-state index < -0.39 is 0 Å². The molecule has 0 aliphatic rings. The molecular formula is C15H26ClN3O. The number of nitrogen functional groups attached to an aromatic ring is 1. The number of carbonyl (C=O) groups excluding carboxylic acids is 1. The van der Waals surface area contributed by atoms with Crippen LogP contribution in [0, 0.1) is 0 Å². The third-order valence-electron chi connectivity index (χ3n) is 3.15. The van der Waals surface area contributed by atoms with Crippen molar-refractivity contribution in [1.82, 2.24) is 10.2 Å². The molecule has 1 atom stereocenters. The molecule has 0 fully saturated rings. The number of anilines is 1. The number of nitrogens with two attached hydrogens (primary N) is 1. The van der Waals surface area contributed by atoms with Crippen molar-refractivity contribution in [2.24, 2.45) is 0 Å². The van der Waals surface area contributed by atoms with Crippen molar-refractivity contribution in [2.75, 3.05) is 25.4 Å². The Morgan fingerprint density at radius 1 is 1.35 bits per heavy atom. The SMILES string of the molecule is CCN(CC)CC(C)NC(=O)Cc1cccc(N)c1.Cl. The Bertz CT molecular complexity index is 408. The summed E-state index contributed by atoms with van der Waals surface area (Å²) < 4.78 is 0. The average molecular weight is 300 g/mol. The van der Waals surface area contributed by atoms with Crippen molar-refractivity contribution in [3.63, 3.8) is 0 Å². The molecule has 20 heavy (non-hydrogen) atoms.